The molecule has 13 heavy (non-hydrogen) atoms. The quantitative estimate of drug-likeness (QED) is 0.522. The molecule has 0 aliphatic carbocycles. The Bertz CT molecular complexity index is 204. The van der Waals surface area contributed by atoms with Crippen molar-refractivity contribution in [3.8, 4) is 0 Å². The van der Waals surface area contributed by atoms with Gasteiger partial charge >= 0.3 is 0 Å². The number of hydrogen-bond acceptors (Lipinski definition) is 2. The minimum Gasteiger partial charge on any atom is -0.377 e. The SMILES string of the molecule is CNC(=S)NCCC1=CCOCC1. The van der Waals surface area contributed by atoms with Crippen LogP contribution in [0.4, 0.5) is 0 Å². The lowest BCUT2D eigenvalue weighted by molar-refractivity contribution is 0.153. The number of hydrogen-bond donors (Lipinski definition) is 2. The first-order chi connectivity index (χ1) is 6.33. The molecule has 2 N–H and O–H groups in total. The van der Waals surface area contributed by atoms with Crippen LogP contribution in [0.5, 0.6) is 0 Å². The maximum Gasteiger partial charge on any atom is 0.166 e. The monoisotopic (exact) mass is 200 g/mol. The molecule has 1 aliphatic heterocycles. The summed E-state index contributed by atoms with van der Waals surface area (Å²) in [6.45, 7) is 2.54. The molecule has 0 aromatic rings. The molecule has 1 aliphatic rings. The first-order valence-electron chi connectivity index (χ1n) is 4.54. The Morgan fingerprint density at radius 1 is 1.69 bits per heavy atom. The Morgan fingerprint density at radius 3 is 3.15 bits per heavy atom. The van der Waals surface area contributed by atoms with E-state index in [2.05, 4.69) is 16.7 Å². The smallest absolute Gasteiger partial charge is 0.166 e. The minimum absolute atomic E-state index is 0.715. The van der Waals surface area contributed by atoms with Crippen LogP contribution >= 0.6 is 12.2 Å². The van der Waals surface area contributed by atoms with Gasteiger partial charge in [0.15, 0.2) is 5.11 Å². The minimum atomic E-state index is 0.715. The second-order valence-electron chi connectivity index (χ2n) is 2.94. The summed E-state index contributed by atoms with van der Waals surface area (Å²) in [5, 5.41) is 6.71. The summed E-state index contributed by atoms with van der Waals surface area (Å²) in [4.78, 5) is 0. The largest absolute Gasteiger partial charge is 0.377 e. The first kappa shape index (κ1) is 10.5. The Hall–Kier alpha value is -0.610. The average molecular weight is 200 g/mol. The van der Waals surface area contributed by atoms with Crippen LogP contribution in [0.1, 0.15) is 12.8 Å². The molecule has 3 nitrogen and oxygen atoms in total. The standard InChI is InChI=1S/C9H16N2OS/c1-10-9(13)11-5-2-8-3-6-12-7-4-8/h3H,2,4-7H2,1H3,(H2,10,11,13). The number of rotatable bonds is 3. The van der Waals surface area contributed by atoms with E-state index in [0.717, 1.165) is 32.6 Å². The predicted molar refractivity (Wildman–Crippen MR) is 57.8 cm³/mol. The Morgan fingerprint density at radius 2 is 2.54 bits per heavy atom. The van der Waals surface area contributed by atoms with Crippen molar-refractivity contribution in [1.82, 2.24) is 10.6 Å². The Balaban J connectivity index is 2.11. The first-order valence-corrected chi connectivity index (χ1v) is 4.95. The zero-order chi connectivity index (χ0) is 9.52. The fraction of sp³-hybridized carbons (Fsp3) is 0.667. The van der Waals surface area contributed by atoms with Crippen LogP contribution in [-0.2, 0) is 4.74 Å². The van der Waals surface area contributed by atoms with Gasteiger partial charge in [-0.3, -0.25) is 0 Å². The van der Waals surface area contributed by atoms with Crippen LogP contribution < -0.4 is 10.6 Å². The molecule has 74 valence electrons. The fourth-order valence-corrected chi connectivity index (χ4v) is 1.32. The van der Waals surface area contributed by atoms with E-state index >= 15 is 0 Å². The van der Waals surface area contributed by atoms with Crippen LogP contribution in [0.3, 0.4) is 0 Å². The van der Waals surface area contributed by atoms with E-state index in [1.165, 1.54) is 5.57 Å². The zero-order valence-corrected chi connectivity index (χ0v) is 8.75. The van der Waals surface area contributed by atoms with E-state index in [9.17, 15) is 0 Å². The van der Waals surface area contributed by atoms with E-state index in [1.807, 2.05) is 7.05 Å². The fourth-order valence-electron chi connectivity index (χ4n) is 1.22. The summed E-state index contributed by atoms with van der Waals surface area (Å²) in [5.41, 5.74) is 1.47. The third-order valence-electron chi connectivity index (χ3n) is 2.02. The third-order valence-corrected chi connectivity index (χ3v) is 2.36. The predicted octanol–water partition coefficient (Wildman–Crippen LogP) is 0.817. The van der Waals surface area contributed by atoms with Crippen molar-refractivity contribution in [2.45, 2.75) is 12.8 Å². The molecule has 1 rings (SSSR count). The van der Waals surface area contributed by atoms with Crippen LogP contribution in [-0.4, -0.2) is 31.9 Å². The van der Waals surface area contributed by atoms with E-state index < -0.39 is 0 Å². The van der Waals surface area contributed by atoms with Crippen molar-refractivity contribution in [3.63, 3.8) is 0 Å². The number of nitrogens with one attached hydrogen (secondary N) is 2. The topological polar surface area (TPSA) is 33.3 Å². The summed E-state index contributed by atoms with van der Waals surface area (Å²) in [7, 11) is 1.82. The maximum absolute atomic E-state index is 5.21. The second-order valence-corrected chi connectivity index (χ2v) is 3.35. The van der Waals surface area contributed by atoms with Crippen LogP contribution in [0, 0.1) is 0 Å². The Labute approximate surface area is 84.5 Å². The highest BCUT2D eigenvalue weighted by Gasteiger charge is 2.02. The molecule has 0 atom stereocenters. The van der Waals surface area contributed by atoms with Crippen LogP contribution in [0.15, 0.2) is 11.6 Å². The van der Waals surface area contributed by atoms with Gasteiger partial charge in [0.2, 0.25) is 0 Å². The molecule has 0 fully saturated rings. The molecule has 0 aromatic carbocycles. The van der Waals surface area contributed by atoms with Crippen molar-refractivity contribution in [3.05, 3.63) is 11.6 Å². The van der Waals surface area contributed by atoms with Gasteiger partial charge in [-0.05, 0) is 25.1 Å². The van der Waals surface area contributed by atoms with Gasteiger partial charge in [-0.1, -0.05) is 11.6 Å². The molecular weight excluding hydrogens is 184 g/mol. The lowest BCUT2D eigenvalue weighted by atomic mass is 10.1. The molecule has 0 saturated heterocycles. The van der Waals surface area contributed by atoms with E-state index in [-0.39, 0.29) is 0 Å². The maximum atomic E-state index is 5.21. The van der Waals surface area contributed by atoms with E-state index in [4.69, 9.17) is 17.0 Å². The summed E-state index contributed by atoms with van der Waals surface area (Å²) in [6, 6.07) is 0. The molecule has 4 heteroatoms. The van der Waals surface area contributed by atoms with Crippen molar-refractivity contribution in [1.29, 1.82) is 0 Å². The summed E-state index contributed by atoms with van der Waals surface area (Å²) < 4.78 is 5.21. The Kier molecular flexibility index (Phi) is 4.78. The summed E-state index contributed by atoms with van der Waals surface area (Å²) >= 11 is 4.96. The summed E-state index contributed by atoms with van der Waals surface area (Å²) in [5.74, 6) is 0. The number of thiocarbonyl (C=S) groups is 1. The molecular formula is C9H16N2OS. The van der Waals surface area contributed by atoms with Crippen LogP contribution in [0.25, 0.3) is 0 Å². The second kappa shape index (κ2) is 5.94. The lowest BCUT2D eigenvalue weighted by Crippen LogP contribution is -2.33. The molecule has 0 radical (unpaired) electrons. The summed E-state index contributed by atoms with van der Waals surface area (Å²) in [6.07, 6.45) is 4.28. The van der Waals surface area contributed by atoms with Crippen molar-refractivity contribution < 1.29 is 4.74 Å². The third kappa shape index (κ3) is 4.24. The molecule has 0 amide bonds. The highest BCUT2D eigenvalue weighted by molar-refractivity contribution is 7.80. The van der Waals surface area contributed by atoms with Crippen molar-refractivity contribution in [2.75, 3.05) is 26.8 Å². The van der Waals surface area contributed by atoms with Gasteiger partial charge in [-0.25, -0.2) is 0 Å². The molecule has 0 saturated carbocycles. The van der Waals surface area contributed by atoms with Gasteiger partial charge in [0.25, 0.3) is 0 Å². The average Bonchev–Trinajstić information content (AvgIpc) is 2.19. The van der Waals surface area contributed by atoms with Crippen molar-refractivity contribution >= 4 is 17.3 Å². The van der Waals surface area contributed by atoms with Crippen LogP contribution in [0.2, 0.25) is 0 Å². The zero-order valence-electron chi connectivity index (χ0n) is 7.93. The molecule has 0 spiro atoms. The highest BCUT2D eigenvalue weighted by atomic mass is 32.1. The van der Waals surface area contributed by atoms with Gasteiger partial charge in [0, 0.05) is 13.6 Å². The lowest BCUT2D eigenvalue weighted by Gasteiger charge is -2.14. The van der Waals surface area contributed by atoms with E-state index in [1.54, 1.807) is 0 Å². The molecule has 0 bridgehead atoms. The van der Waals surface area contributed by atoms with Gasteiger partial charge in [0.05, 0.1) is 13.2 Å². The molecule has 1 heterocycles. The number of ether oxygens (including phenoxy) is 1. The van der Waals surface area contributed by atoms with Gasteiger partial charge in [-0.15, -0.1) is 0 Å². The highest BCUT2D eigenvalue weighted by Crippen LogP contribution is 2.10. The van der Waals surface area contributed by atoms with E-state index in [0.29, 0.717) is 5.11 Å². The normalized spacial score (nSPS) is 16.2. The van der Waals surface area contributed by atoms with Gasteiger partial charge < -0.3 is 15.4 Å². The van der Waals surface area contributed by atoms with Crippen molar-refractivity contribution in [2.24, 2.45) is 0 Å². The van der Waals surface area contributed by atoms with Gasteiger partial charge in [0.1, 0.15) is 0 Å². The molecule has 0 aromatic heterocycles. The van der Waals surface area contributed by atoms with Gasteiger partial charge in [-0.2, -0.15) is 0 Å². The molecule has 0 unspecified atom stereocenters.